The van der Waals surface area contributed by atoms with E-state index in [1.807, 2.05) is 41.8 Å². The van der Waals surface area contributed by atoms with Gasteiger partial charge in [-0.1, -0.05) is 11.6 Å². The normalized spacial score (nSPS) is 11.9. The molecule has 3 aromatic rings. The fourth-order valence-corrected chi connectivity index (χ4v) is 2.94. The van der Waals surface area contributed by atoms with Crippen LogP contribution in [0.1, 0.15) is 24.2 Å². The number of hydrogen-bond donors (Lipinski definition) is 2. The molecule has 3 rings (SSSR count). The van der Waals surface area contributed by atoms with Gasteiger partial charge in [-0.15, -0.1) is 0 Å². The summed E-state index contributed by atoms with van der Waals surface area (Å²) in [5, 5.41) is 6.33. The number of urea groups is 1. The number of fused-ring (bicyclic) bond motifs is 1. The summed E-state index contributed by atoms with van der Waals surface area (Å²) >= 11 is 5.97. The third-order valence-corrected chi connectivity index (χ3v) is 4.37. The van der Waals surface area contributed by atoms with Gasteiger partial charge in [0.05, 0.1) is 37.5 Å². The Balaban J connectivity index is 1.63. The van der Waals surface area contributed by atoms with Crippen LogP contribution in [0.3, 0.4) is 0 Å². The Morgan fingerprint density at radius 1 is 1.22 bits per heavy atom. The van der Waals surface area contributed by atoms with Crippen molar-refractivity contribution in [2.75, 3.05) is 14.2 Å². The Kier molecular flexibility index (Phi) is 5.71. The standard InChI is InChI=1S/C19H21ClN4O3/c1-12(16-8-15(26-2)5-6-17(16)27-3)22-19(25)21-9-14-11-24-10-13(20)4-7-18(24)23-14/h4-8,10-12H,9H2,1-3H3,(H2,21,22,25). The second-order valence-corrected chi connectivity index (χ2v) is 6.44. The van der Waals surface area contributed by atoms with Gasteiger partial charge in [-0.2, -0.15) is 0 Å². The van der Waals surface area contributed by atoms with E-state index in [1.54, 1.807) is 26.5 Å². The first kappa shape index (κ1) is 18.8. The van der Waals surface area contributed by atoms with Crippen LogP contribution in [0.4, 0.5) is 4.79 Å². The maximum Gasteiger partial charge on any atom is 0.315 e. The monoisotopic (exact) mass is 388 g/mol. The van der Waals surface area contributed by atoms with E-state index in [-0.39, 0.29) is 12.1 Å². The van der Waals surface area contributed by atoms with Crippen molar-refractivity contribution >= 4 is 23.3 Å². The second kappa shape index (κ2) is 8.18. The van der Waals surface area contributed by atoms with Crippen LogP contribution < -0.4 is 20.1 Å². The number of amides is 2. The Morgan fingerprint density at radius 2 is 2.04 bits per heavy atom. The molecule has 0 saturated heterocycles. The summed E-state index contributed by atoms with van der Waals surface area (Å²) < 4.78 is 12.4. The molecule has 0 fully saturated rings. The van der Waals surface area contributed by atoms with E-state index in [0.29, 0.717) is 23.1 Å². The molecule has 1 unspecified atom stereocenters. The number of carbonyl (C=O) groups excluding carboxylic acids is 1. The molecule has 142 valence electrons. The van der Waals surface area contributed by atoms with E-state index in [0.717, 1.165) is 16.9 Å². The van der Waals surface area contributed by atoms with Crippen LogP contribution in [0.2, 0.25) is 5.02 Å². The van der Waals surface area contributed by atoms with Gasteiger partial charge in [0.25, 0.3) is 0 Å². The number of nitrogens with zero attached hydrogens (tertiary/aromatic N) is 2. The number of nitrogens with one attached hydrogen (secondary N) is 2. The van der Waals surface area contributed by atoms with Crippen LogP contribution in [0, 0.1) is 0 Å². The smallest absolute Gasteiger partial charge is 0.315 e. The minimum absolute atomic E-state index is 0.269. The van der Waals surface area contributed by atoms with Gasteiger partial charge in [0.1, 0.15) is 17.1 Å². The maximum atomic E-state index is 12.3. The second-order valence-electron chi connectivity index (χ2n) is 6.00. The molecule has 2 aromatic heterocycles. The predicted molar refractivity (Wildman–Crippen MR) is 104 cm³/mol. The first-order chi connectivity index (χ1) is 13.0. The molecule has 8 heteroatoms. The van der Waals surface area contributed by atoms with Crippen LogP contribution in [0.25, 0.3) is 5.65 Å². The number of imidazole rings is 1. The number of halogens is 1. The summed E-state index contributed by atoms with van der Waals surface area (Å²) in [6.45, 7) is 2.18. The lowest BCUT2D eigenvalue weighted by molar-refractivity contribution is 0.237. The van der Waals surface area contributed by atoms with Crippen molar-refractivity contribution in [3.8, 4) is 11.5 Å². The Bertz CT molecular complexity index is 957. The molecule has 2 heterocycles. The Hall–Kier alpha value is -2.93. The van der Waals surface area contributed by atoms with Crippen molar-refractivity contribution in [2.45, 2.75) is 19.5 Å². The molecular weight excluding hydrogens is 368 g/mol. The molecule has 0 aliphatic heterocycles. The lowest BCUT2D eigenvalue weighted by atomic mass is 10.1. The highest BCUT2D eigenvalue weighted by Gasteiger charge is 2.15. The van der Waals surface area contributed by atoms with Crippen molar-refractivity contribution in [3.05, 3.63) is 59.0 Å². The fourth-order valence-electron chi connectivity index (χ4n) is 2.78. The summed E-state index contributed by atoms with van der Waals surface area (Å²) in [5.41, 5.74) is 2.33. The zero-order valence-electron chi connectivity index (χ0n) is 15.3. The average molecular weight is 389 g/mol. The number of ether oxygens (including phenoxy) is 2. The summed E-state index contributed by atoms with van der Waals surface area (Å²) in [7, 11) is 3.19. The van der Waals surface area contributed by atoms with E-state index < -0.39 is 0 Å². The molecule has 0 saturated carbocycles. The van der Waals surface area contributed by atoms with Crippen LogP contribution in [0.5, 0.6) is 11.5 Å². The molecule has 0 spiro atoms. The number of methoxy groups -OCH3 is 2. The topological polar surface area (TPSA) is 76.9 Å². The fraction of sp³-hybridized carbons (Fsp3) is 0.263. The van der Waals surface area contributed by atoms with Gasteiger partial charge < -0.3 is 24.5 Å². The highest BCUT2D eigenvalue weighted by Crippen LogP contribution is 2.29. The maximum absolute atomic E-state index is 12.3. The zero-order valence-corrected chi connectivity index (χ0v) is 16.1. The van der Waals surface area contributed by atoms with E-state index in [2.05, 4.69) is 15.6 Å². The van der Waals surface area contributed by atoms with Gasteiger partial charge in [-0.25, -0.2) is 9.78 Å². The van der Waals surface area contributed by atoms with Crippen LogP contribution >= 0.6 is 11.6 Å². The third kappa shape index (κ3) is 4.43. The van der Waals surface area contributed by atoms with E-state index in [9.17, 15) is 4.79 Å². The Labute approximate surface area is 162 Å². The molecule has 7 nitrogen and oxygen atoms in total. The summed E-state index contributed by atoms with van der Waals surface area (Å²) in [4.78, 5) is 16.7. The lowest BCUT2D eigenvalue weighted by Crippen LogP contribution is -2.36. The number of rotatable bonds is 6. The van der Waals surface area contributed by atoms with Crippen molar-refractivity contribution in [1.82, 2.24) is 20.0 Å². The van der Waals surface area contributed by atoms with E-state index in [4.69, 9.17) is 21.1 Å². The van der Waals surface area contributed by atoms with Gasteiger partial charge in [-0.3, -0.25) is 0 Å². The van der Waals surface area contributed by atoms with Crippen LogP contribution in [-0.4, -0.2) is 29.6 Å². The molecule has 0 bridgehead atoms. The largest absolute Gasteiger partial charge is 0.497 e. The molecule has 0 aliphatic carbocycles. The molecule has 27 heavy (non-hydrogen) atoms. The number of aromatic nitrogens is 2. The van der Waals surface area contributed by atoms with Gasteiger partial charge in [-0.05, 0) is 37.3 Å². The zero-order chi connectivity index (χ0) is 19.4. The Morgan fingerprint density at radius 3 is 2.78 bits per heavy atom. The van der Waals surface area contributed by atoms with Crippen molar-refractivity contribution in [1.29, 1.82) is 0 Å². The highest BCUT2D eigenvalue weighted by atomic mass is 35.5. The first-order valence-corrected chi connectivity index (χ1v) is 8.77. The highest BCUT2D eigenvalue weighted by molar-refractivity contribution is 6.30. The van der Waals surface area contributed by atoms with Crippen molar-refractivity contribution in [3.63, 3.8) is 0 Å². The third-order valence-electron chi connectivity index (χ3n) is 4.15. The number of hydrogen-bond acceptors (Lipinski definition) is 4. The first-order valence-electron chi connectivity index (χ1n) is 8.39. The number of pyridine rings is 1. The minimum Gasteiger partial charge on any atom is -0.497 e. The van der Waals surface area contributed by atoms with Gasteiger partial charge in [0.15, 0.2) is 0 Å². The summed E-state index contributed by atoms with van der Waals surface area (Å²) in [6.07, 6.45) is 3.60. The van der Waals surface area contributed by atoms with Gasteiger partial charge in [0, 0.05) is 18.0 Å². The van der Waals surface area contributed by atoms with Gasteiger partial charge >= 0.3 is 6.03 Å². The minimum atomic E-state index is -0.303. The lowest BCUT2D eigenvalue weighted by Gasteiger charge is -2.18. The average Bonchev–Trinajstić information content (AvgIpc) is 3.07. The van der Waals surface area contributed by atoms with Gasteiger partial charge in [0.2, 0.25) is 0 Å². The molecule has 2 N–H and O–H groups in total. The molecular formula is C19H21ClN4O3. The predicted octanol–water partition coefficient (Wildman–Crippen LogP) is 3.57. The SMILES string of the molecule is COc1ccc(OC)c(C(C)NC(=O)NCc2cn3cc(Cl)ccc3n2)c1. The van der Waals surface area contributed by atoms with Crippen molar-refractivity contribution in [2.24, 2.45) is 0 Å². The quantitative estimate of drug-likeness (QED) is 0.676. The molecule has 2 amide bonds. The van der Waals surface area contributed by atoms with E-state index in [1.165, 1.54) is 0 Å². The molecule has 0 aliphatic rings. The van der Waals surface area contributed by atoms with Crippen LogP contribution in [0.15, 0.2) is 42.7 Å². The summed E-state index contributed by atoms with van der Waals surface area (Å²) in [5.74, 6) is 1.38. The van der Waals surface area contributed by atoms with E-state index >= 15 is 0 Å². The van der Waals surface area contributed by atoms with Crippen LogP contribution in [-0.2, 0) is 6.54 Å². The summed E-state index contributed by atoms with van der Waals surface area (Å²) in [6, 6.07) is 8.49. The number of benzene rings is 1. The molecule has 0 radical (unpaired) electrons. The molecule has 1 aromatic carbocycles. The molecule has 1 atom stereocenters. The van der Waals surface area contributed by atoms with Crippen molar-refractivity contribution < 1.29 is 14.3 Å². The number of carbonyl (C=O) groups is 1.